The fourth-order valence-corrected chi connectivity index (χ4v) is 2.19. The number of amides is 1. The molecule has 6 heteroatoms. The van der Waals surface area contributed by atoms with Gasteiger partial charge in [0.05, 0.1) is 14.2 Å². The highest BCUT2D eigenvalue weighted by Gasteiger charge is 2.25. The summed E-state index contributed by atoms with van der Waals surface area (Å²) in [6.07, 6.45) is -0.560. The van der Waals surface area contributed by atoms with Crippen molar-refractivity contribution in [2.75, 3.05) is 14.2 Å². The Bertz CT molecular complexity index is 529. The summed E-state index contributed by atoms with van der Waals surface area (Å²) in [5.41, 5.74) is 0.818. The van der Waals surface area contributed by atoms with Crippen molar-refractivity contribution in [1.29, 1.82) is 0 Å². The Hall–Kier alpha value is -2.08. The zero-order valence-electron chi connectivity index (χ0n) is 14.0. The average molecular weight is 323 g/mol. The van der Waals surface area contributed by atoms with E-state index in [1.165, 1.54) is 7.11 Å². The molecular formula is C17H25NO5. The van der Waals surface area contributed by atoms with Gasteiger partial charge in [0, 0.05) is 6.42 Å². The monoisotopic (exact) mass is 323 g/mol. The molecule has 0 heterocycles. The maximum absolute atomic E-state index is 12.0. The number of methoxy groups -OCH3 is 2. The molecule has 0 spiro atoms. The third kappa shape index (κ3) is 6.28. The minimum atomic E-state index is -1.15. The van der Waals surface area contributed by atoms with E-state index < -0.39 is 24.0 Å². The lowest BCUT2D eigenvalue weighted by atomic mass is 10.0. The van der Waals surface area contributed by atoms with Crippen LogP contribution in [0.3, 0.4) is 0 Å². The van der Waals surface area contributed by atoms with Crippen molar-refractivity contribution >= 4 is 11.9 Å². The third-order valence-corrected chi connectivity index (χ3v) is 3.37. The van der Waals surface area contributed by atoms with E-state index in [9.17, 15) is 14.7 Å². The number of benzene rings is 1. The van der Waals surface area contributed by atoms with E-state index in [1.807, 2.05) is 19.9 Å². The van der Waals surface area contributed by atoms with Gasteiger partial charge >= 0.3 is 5.97 Å². The van der Waals surface area contributed by atoms with Gasteiger partial charge in [0.2, 0.25) is 5.91 Å². The Balaban J connectivity index is 2.80. The number of esters is 1. The highest BCUT2D eigenvalue weighted by Crippen LogP contribution is 2.15. The van der Waals surface area contributed by atoms with Crippen molar-refractivity contribution in [1.82, 2.24) is 5.32 Å². The SMILES string of the molecule is COC(=O)[C@H](Cc1cccc(OC)c1)NC(=O)[C@@H](O)CC(C)C. The van der Waals surface area contributed by atoms with Crippen LogP contribution in [-0.2, 0) is 20.7 Å². The molecule has 1 amide bonds. The average Bonchev–Trinajstić information content (AvgIpc) is 2.52. The molecule has 0 aliphatic heterocycles. The Labute approximate surface area is 136 Å². The molecule has 6 nitrogen and oxygen atoms in total. The number of rotatable bonds is 8. The first-order valence-electron chi connectivity index (χ1n) is 7.56. The van der Waals surface area contributed by atoms with Crippen molar-refractivity contribution < 1.29 is 24.2 Å². The van der Waals surface area contributed by atoms with E-state index in [-0.39, 0.29) is 12.3 Å². The van der Waals surface area contributed by atoms with Gasteiger partial charge in [0.15, 0.2) is 0 Å². The standard InChI is InChI=1S/C17H25NO5/c1-11(2)8-15(19)16(20)18-14(17(21)23-4)10-12-6-5-7-13(9-12)22-3/h5-7,9,11,14-15,19H,8,10H2,1-4H3,(H,18,20)/t14-,15-/m0/s1. The molecule has 0 fully saturated rings. The summed E-state index contributed by atoms with van der Waals surface area (Å²) < 4.78 is 9.88. The molecule has 1 aromatic rings. The van der Waals surface area contributed by atoms with Crippen molar-refractivity contribution in [3.63, 3.8) is 0 Å². The van der Waals surface area contributed by atoms with Gasteiger partial charge in [-0.15, -0.1) is 0 Å². The maximum atomic E-state index is 12.0. The first-order chi connectivity index (χ1) is 10.9. The molecule has 0 aliphatic carbocycles. The molecule has 0 aromatic heterocycles. The predicted octanol–water partition coefficient (Wildman–Crippen LogP) is 1.30. The largest absolute Gasteiger partial charge is 0.497 e. The number of nitrogens with one attached hydrogen (secondary N) is 1. The summed E-state index contributed by atoms with van der Waals surface area (Å²) in [6, 6.07) is 6.35. The molecule has 1 aromatic carbocycles. The lowest BCUT2D eigenvalue weighted by Crippen LogP contribution is -2.47. The molecule has 1 rings (SSSR count). The molecule has 0 unspecified atom stereocenters. The minimum Gasteiger partial charge on any atom is -0.497 e. The summed E-state index contributed by atoms with van der Waals surface area (Å²) in [7, 11) is 2.82. The van der Waals surface area contributed by atoms with Crippen molar-refractivity contribution in [3.05, 3.63) is 29.8 Å². The number of hydrogen-bond donors (Lipinski definition) is 2. The summed E-state index contributed by atoms with van der Waals surface area (Å²) in [5, 5.41) is 12.4. The van der Waals surface area contributed by atoms with Gasteiger partial charge in [0.1, 0.15) is 17.9 Å². The molecule has 128 valence electrons. The number of aliphatic hydroxyl groups is 1. The van der Waals surface area contributed by atoms with Crippen LogP contribution in [-0.4, -0.2) is 43.3 Å². The van der Waals surface area contributed by atoms with Crippen LogP contribution in [0.2, 0.25) is 0 Å². The van der Waals surface area contributed by atoms with E-state index in [1.54, 1.807) is 25.3 Å². The first-order valence-corrected chi connectivity index (χ1v) is 7.56. The van der Waals surface area contributed by atoms with Crippen LogP contribution in [0.1, 0.15) is 25.8 Å². The highest BCUT2D eigenvalue weighted by molar-refractivity contribution is 5.87. The molecular weight excluding hydrogens is 298 g/mol. The van der Waals surface area contributed by atoms with Gasteiger partial charge in [0.25, 0.3) is 0 Å². The van der Waals surface area contributed by atoms with Gasteiger partial charge < -0.3 is 19.9 Å². The van der Waals surface area contributed by atoms with Crippen LogP contribution in [0.4, 0.5) is 0 Å². The normalized spacial score (nSPS) is 13.3. The second kappa shape index (κ2) is 9.15. The summed E-state index contributed by atoms with van der Waals surface area (Å²) in [5.74, 6) is -0.294. The summed E-state index contributed by atoms with van der Waals surface area (Å²) in [6.45, 7) is 3.81. The van der Waals surface area contributed by atoms with E-state index in [0.717, 1.165) is 5.56 Å². The fourth-order valence-electron chi connectivity index (χ4n) is 2.19. The predicted molar refractivity (Wildman–Crippen MR) is 86.1 cm³/mol. The smallest absolute Gasteiger partial charge is 0.328 e. The van der Waals surface area contributed by atoms with E-state index in [4.69, 9.17) is 9.47 Å². The number of hydrogen-bond acceptors (Lipinski definition) is 5. The van der Waals surface area contributed by atoms with E-state index in [2.05, 4.69) is 5.32 Å². The zero-order chi connectivity index (χ0) is 17.4. The molecule has 0 aliphatic rings. The number of aliphatic hydroxyl groups excluding tert-OH is 1. The fraction of sp³-hybridized carbons (Fsp3) is 0.529. The van der Waals surface area contributed by atoms with E-state index >= 15 is 0 Å². The van der Waals surface area contributed by atoms with Gasteiger partial charge in [-0.05, 0) is 30.0 Å². The van der Waals surface area contributed by atoms with Crippen molar-refractivity contribution in [2.45, 2.75) is 38.8 Å². The second-order valence-electron chi connectivity index (χ2n) is 5.79. The summed E-state index contributed by atoms with van der Waals surface area (Å²) >= 11 is 0. The highest BCUT2D eigenvalue weighted by atomic mass is 16.5. The van der Waals surface area contributed by atoms with Gasteiger partial charge in [-0.3, -0.25) is 4.79 Å². The first kappa shape index (κ1) is 19.0. The van der Waals surface area contributed by atoms with Crippen LogP contribution in [0.15, 0.2) is 24.3 Å². The van der Waals surface area contributed by atoms with Crippen molar-refractivity contribution in [3.8, 4) is 5.75 Å². The molecule has 2 N–H and O–H groups in total. The van der Waals surface area contributed by atoms with Crippen LogP contribution < -0.4 is 10.1 Å². The quantitative estimate of drug-likeness (QED) is 0.705. The number of ether oxygens (including phenoxy) is 2. The minimum absolute atomic E-state index is 0.172. The maximum Gasteiger partial charge on any atom is 0.328 e. The van der Waals surface area contributed by atoms with Gasteiger partial charge in [-0.2, -0.15) is 0 Å². The number of carbonyl (C=O) groups is 2. The molecule has 0 saturated carbocycles. The lowest BCUT2D eigenvalue weighted by Gasteiger charge is -2.20. The third-order valence-electron chi connectivity index (χ3n) is 3.37. The Morgan fingerprint density at radius 1 is 1.26 bits per heavy atom. The molecule has 0 radical (unpaired) electrons. The van der Waals surface area contributed by atoms with Crippen LogP contribution in [0, 0.1) is 5.92 Å². The van der Waals surface area contributed by atoms with Gasteiger partial charge in [-0.25, -0.2) is 4.79 Å². The molecule has 23 heavy (non-hydrogen) atoms. The van der Waals surface area contributed by atoms with Crippen LogP contribution >= 0.6 is 0 Å². The van der Waals surface area contributed by atoms with Gasteiger partial charge in [-0.1, -0.05) is 26.0 Å². The Kier molecular flexibility index (Phi) is 7.54. The van der Waals surface area contributed by atoms with E-state index in [0.29, 0.717) is 12.2 Å². The summed E-state index contributed by atoms with van der Waals surface area (Å²) in [4.78, 5) is 23.9. The number of carbonyl (C=O) groups excluding carboxylic acids is 2. The zero-order valence-corrected chi connectivity index (χ0v) is 14.0. The van der Waals surface area contributed by atoms with Crippen molar-refractivity contribution in [2.24, 2.45) is 5.92 Å². The Morgan fingerprint density at radius 3 is 2.52 bits per heavy atom. The Morgan fingerprint density at radius 2 is 1.96 bits per heavy atom. The molecule has 0 saturated heterocycles. The van der Waals surface area contributed by atoms with Crippen LogP contribution in [0.5, 0.6) is 5.75 Å². The second-order valence-corrected chi connectivity index (χ2v) is 5.79. The van der Waals surface area contributed by atoms with Crippen LogP contribution in [0.25, 0.3) is 0 Å². The molecule has 2 atom stereocenters. The topological polar surface area (TPSA) is 84.9 Å². The lowest BCUT2D eigenvalue weighted by molar-refractivity contribution is -0.146. The molecule has 0 bridgehead atoms.